The number of hydrogen-bond acceptors (Lipinski definition) is 4. The number of aromatic nitrogens is 4. The van der Waals surface area contributed by atoms with Gasteiger partial charge >= 0.3 is 0 Å². The van der Waals surface area contributed by atoms with Crippen molar-refractivity contribution in [2.24, 2.45) is 7.05 Å². The van der Waals surface area contributed by atoms with Crippen molar-refractivity contribution in [1.29, 1.82) is 0 Å². The molecule has 0 spiro atoms. The number of para-hydroxylation sites is 1. The van der Waals surface area contributed by atoms with Crippen molar-refractivity contribution in [3.05, 3.63) is 81.1 Å². The lowest BCUT2D eigenvalue weighted by molar-refractivity contribution is 0.624. The monoisotopic (exact) mass is 467 g/mol. The number of nitrogens with one attached hydrogen (secondary N) is 1. The Labute approximate surface area is 191 Å². The number of rotatable bonds is 3. The first-order valence-electron chi connectivity index (χ1n) is 9.70. The van der Waals surface area contributed by atoms with Crippen LogP contribution in [0.25, 0.3) is 38.8 Å². The van der Waals surface area contributed by atoms with E-state index in [-0.39, 0.29) is 16.4 Å². The van der Waals surface area contributed by atoms with Crippen LogP contribution in [0.15, 0.2) is 59.5 Å². The Kier molecular flexibility index (Phi) is 4.87. The minimum atomic E-state index is -0.686. The number of fused-ring (bicyclic) bond motifs is 2. The van der Waals surface area contributed by atoms with Gasteiger partial charge in [-0.25, -0.2) is 9.37 Å². The molecule has 0 unspecified atom stereocenters. The number of halogens is 3. The Morgan fingerprint density at radius 1 is 1.09 bits per heavy atom. The minimum Gasteiger partial charge on any atom is -0.387 e. The molecule has 0 saturated heterocycles. The Morgan fingerprint density at radius 2 is 1.88 bits per heavy atom. The third kappa shape index (κ3) is 3.13. The second kappa shape index (κ2) is 7.62. The normalized spacial score (nSPS) is 11.4. The fourth-order valence-electron chi connectivity index (χ4n) is 3.95. The largest absolute Gasteiger partial charge is 0.387 e. The van der Waals surface area contributed by atoms with Gasteiger partial charge in [-0.2, -0.15) is 5.10 Å². The molecule has 0 aliphatic heterocycles. The summed E-state index contributed by atoms with van der Waals surface area (Å²) in [6.07, 6.45) is 1.87. The highest BCUT2D eigenvalue weighted by molar-refractivity contribution is 6.32. The van der Waals surface area contributed by atoms with Crippen LogP contribution in [0.1, 0.15) is 0 Å². The third-order valence-corrected chi connectivity index (χ3v) is 5.90. The lowest BCUT2D eigenvalue weighted by Gasteiger charge is -2.18. The van der Waals surface area contributed by atoms with E-state index >= 15 is 0 Å². The van der Waals surface area contributed by atoms with Gasteiger partial charge in [0.05, 0.1) is 27.5 Å². The molecule has 0 bridgehead atoms. The summed E-state index contributed by atoms with van der Waals surface area (Å²) in [5, 5.41) is 8.73. The number of nitrogens with zero attached hydrogens (tertiary/aromatic N) is 4. The van der Waals surface area contributed by atoms with E-state index in [1.54, 1.807) is 36.0 Å². The predicted molar refractivity (Wildman–Crippen MR) is 127 cm³/mol. The van der Waals surface area contributed by atoms with Crippen molar-refractivity contribution in [2.45, 2.75) is 0 Å². The maximum atomic E-state index is 14.5. The first-order chi connectivity index (χ1) is 15.4. The molecule has 6 nitrogen and oxygen atoms in total. The van der Waals surface area contributed by atoms with Gasteiger partial charge in [-0.1, -0.05) is 41.4 Å². The van der Waals surface area contributed by atoms with Gasteiger partial charge in [-0.3, -0.25) is 14.0 Å². The molecule has 0 aliphatic rings. The van der Waals surface area contributed by atoms with Crippen LogP contribution in [-0.2, 0) is 7.05 Å². The zero-order chi connectivity index (χ0) is 22.6. The summed E-state index contributed by atoms with van der Waals surface area (Å²) in [5.74, 6) is -0.686. The Balaban J connectivity index is 1.97. The van der Waals surface area contributed by atoms with E-state index in [0.717, 1.165) is 10.9 Å². The fraction of sp³-hybridized carbons (Fsp3) is 0.0870. The van der Waals surface area contributed by atoms with Crippen LogP contribution in [0.2, 0.25) is 10.2 Å². The number of anilines is 1. The smallest absolute Gasteiger partial charge is 0.266 e. The van der Waals surface area contributed by atoms with E-state index < -0.39 is 5.82 Å². The topological polar surface area (TPSA) is 64.7 Å². The van der Waals surface area contributed by atoms with Crippen LogP contribution < -0.4 is 10.9 Å². The van der Waals surface area contributed by atoms with E-state index in [2.05, 4.69) is 15.4 Å². The molecule has 0 aliphatic carbocycles. The van der Waals surface area contributed by atoms with Crippen molar-refractivity contribution in [3.63, 3.8) is 0 Å². The zero-order valence-corrected chi connectivity index (χ0v) is 18.5. The van der Waals surface area contributed by atoms with Crippen LogP contribution in [0.4, 0.5) is 10.1 Å². The standard InChI is InChI=1S/C23H16Cl2FN5O/c1-27-20-14-10-16(26)21(25)28-22(14)31(18-6-4-3-5-15(18)24)23(32)19(20)12-7-8-17-13(9-12)11-30(2)29-17/h3-11,27H,1-2H3. The molecular formula is C23H16Cl2FN5O. The van der Waals surface area contributed by atoms with Gasteiger partial charge in [0, 0.05) is 31.1 Å². The van der Waals surface area contributed by atoms with Crippen molar-refractivity contribution >= 4 is 50.8 Å². The van der Waals surface area contributed by atoms with Gasteiger partial charge in [-0.15, -0.1) is 0 Å². The first kappa shape index (κ1) is 20.5. The van der Waals surface area contributed by atoms with Crippen molar-refractivity contribution in [1.82, 2.24) is 19.3 Å². The lowest BCUT2D eigenvalue weighted by atomic mass is 10.0. The van der Waals surface area contributed by atoms with Crippen LogP contribution in [0, 0.1) is 5.82 Å². The highest BCUT2D eigenvalue weighted by Crippen LogP contribution is 2.35. The second-order valence-corrected chi connectivity index (χ2v) is 8.07. The summed E-state index contributed by atoms with van der Waals surface area (Å²) < 4.78 is 17.6. The summed E-state index contributed by atoms with van der Waals surface area (Å²) in [6.45, 7) is 0. The molecule has 3 heterocycles. The third-order valence-electron chi connectivity index (χ3n) is 5.31. The molecule has 5 aromatic rings. The van der Waals surface area contributed by atoms with Gasteiger partial charge in [-0.05, 0) is 35.9 Å². The molecule has 0 amide bonds. The average Bonchev–Trinajstić information content (AvgIpc) is 3.14. The molecule has 0 saturated carbocycles. The molecule has 1 N–H and O–H groups in total. The van der Waals surface area contributed by atoms with Crippen molar-refractivity contribution in [3.8, 4) is 16.8 Å². The molecule has 2 aromatic carbocycles. The van der Waals surface area contributed by atoms with Gasteiger partial charge < -0.3 is 5.32 Å². The predicted octanol–water partition coefficient (Wildman–Crippen LogP) is 5.43. The maximum absolute atomic E-state index is 14.5. The quantitative estimate of drug-likeness (QED) is 0.359. The Morgan fingerprint density at radius 3 is 2.62 bits per heavy atom. The molecule has 9 heteroatoms. The second-order valence-electron chi connectivity index (χ2n) is 7.30. The van der Waals surface area contributed by atoms with Gasteiger partial charge in [0.15, 0.2) is 16.6 Å². The van der Waals surface area contributed by atoms with Gasteiger partial charge in [0.2, 0.25) is 0 Å². The van der Waals surface area contributed by atoms with E-state index in [0.29, 0.717) is 32.9 Å². The first-order valence-corrected chi connectivity index (χ1v) is 10.5. The number of hydrogen-bond donors (Lipinski definition) is 1. The fourth-order valence-corrected chi connectivity index (χ4v) is 4.30. The molecule has 32 heavy (non-hydrogen) atoms. The van der Waals surface area contributed by atoms with Crippen LogP contribution in [0.5, 0.6) is 0 Å². The molecular weight excluding hydrogens is 452 g/mol. The Bertz CT molecular complexity index is 1590. The van der Waals surface area contributed by atoms with Crippen LogP contribution >= 0.6 is 23.2 Å². The van der Waals surface area contributed by atoms with E-state index in [9.17, 15) is 9.18 Å². The Hall–Kier alpha value is -3.42. The lowest BCUT2D eigenvalue weighted by Crippen LogP contribution is -2.23. The highest BCUT2D eigenvalue weighted by Gasteiger charge is 2.22. The van der Waals surface area contributed by atoms with Gasteiger partial charge in [0.25, 0.3) is 5.56 Å². The molecule has 5 rings (SSSR count). The summed E-state index contributed by atoms with van der Waals surface area (Å²) in [6, 6.07) is 13.7. The SMILES string of the molecule is CNc1c(-c2ccc3nn(C)cc3c2)c(=O)n(-c2ccccc2Cl)c2nc(Cl)c(F)cc12. The van der Waals surface area contributed by atoms with Crippen molar-refractivity contribution < 1.29 is 4.39 Å². The average molecular weight is 468 g/mol. The molecule has 3 aromatic heterocycles. The highest BCUT2D eigenvalue weighted by atomic mass is 35.5. The van der Waals surface area contributed by atoms with E-state index in [1.807, 2.05) is 31.4 Å². The number of benzene rings is 2. The van der Waals surface area contributed by atoms with Crippen LogP contribution in [0.3, 0.4) is 0 Å². The van der Waals surface area contributed by atoms with Crippen molar-refractivity contribution in [2.75, 3.05) is 12.4 Å². The molecule has 0 fully saturated rings. The molecule has 0 radical (unpaired) electrons. The molecule has 0 atom stereocenters. The van der Waals surface area contributed by atoms with Gasteiger partial charge in [0.1, 0.15) is 0 Å². The summed E-state index contributed by atoms with van der Waals surface area (Å²) in [4.78, 5) is 18.1. The minimum absolute atomic E-state index is 0.199. The van der Waals surface area contributed by atoms with E-state index in [4.69, 9.17) is 23.2 Å². The van der Waals surface area contributed by atoms with Crippen LogP contribution in [-0.4, -0.2) is 26.4 Å². The molecule has 160 valence electrons. The zero-order valence-electron chi connectivity index (χ0n) is 17.0. The number of aryl methyl sites for hydroxylation is 1. The number of pyridine rings is 2. The van der Waals surface area contributed by atoms with E-state index in [1.165, 1.54) is 10.6 Å². The summed E-state index contributed by atoms with van der Waals surface area (Å²) in [7, 11) is 3.50. The summed E-state index contributed by atoms with van der Waals surface area (Å²) >= 11 is 12.4. The maximum Gasteiger partial charge on any atom is 0.266 e. The summed E-state index contributed by atoms with van der Waals surface area (Å²) in [5.41, 5.74) is 2.50.